The van der Waals surface area contributed by atoms with Gasteiger partial charge < -0.3 is 20.4 Å². The van der Waals surface area contributed by atoms with E-state index >= 15 is 0 Å². The molecular formula is C29H34N6O. The van der Waals surface area contributed by atoms with E-state index in [0.29, 0.717) is 12.4 Å². The number of carbonyl (C=O) groups excluding carboxylic acids is 1. The molecule has 0 saturated carbocycles. The smallest absolute Gasteiger partial charge is 0.318 e. The Hall–Kier alpha value is -3.97. The van der Waals surface area contributed by atoms with Gasteiger partial charge in [0.2, 0.25) is 0 Å². The van der Waals surface area contributed by atoms with Gasteiger partial charge in [-0.1, -0.05) is 72.8 Å². The van der Waals surface area contributed by atoms with Gasteiger partial charge in [-0.2, -0.15) is 0 Å². The van der Waals surface area contributed by atoms with Gasteiger partial charge in [0.05, 0.1) is 18.1 Å². The number of anilines is 1. The van der Waals surface area contributed by atoms with E-state index in [1.165, 1.54) is 0 Å². The van der Waals surface area contributed by atoms with Gasteiger partial charge in [0.1, 0.15) is 5.82 Å². The fourth-order valence-corrected chi connectivity index (χ4v) is 4.10. The maximum Gasteiger partial charge on any atom is 0.318 e. The molecule has 0 atom stereocenters. The molecule has 1 aromatic heterocycles. The number of aromatic nitrogens is 2. The van der Waals surface area contributed by atoms with E-state index in [9.17, 15) is 4.79 Å². The number of rotatable bonds is 10. The summed E-state index contributed by atoms with van der Waals surface area (Å²) in [6, 6.07) is 27.5. The summed E-state index contributed by atoms with van der Waals surface area (Å²) < 4.78 is 0. The molecule has 2 N–H and O–H groups in total. The van der Waals surface area contributed by atoms with Gasteiger partial charge in [-0.15, -0.1) is 0 Å². The second-order valence-corrected chi connectivity index (χ2v) is 9.15. The van der Waals surface area contributed by atoms with Crippen LogP contribution in [0.4, 0.5) is 10.6 Å². The minimum Gasteiger partial charge on any atom is -0.369 e. The predicted octanol–water partition coefficient (Wildman–Crippen LogP) is 4.92. The van der Waals surface area contributed by atoms with Crippen LogP contribution in [0.25, 0.3) is 10.9 Å². The van der Waals surface area contributed by atoms with E-state index in [4.69, 9.17) is 9.97 Å². The summed E-state index contributed by atoms with van der Waals surface area (Å²) in [4.78, 5) is 26.6. The molecule has 4 rings (SSSR count). The molecule has 0 aliphatic carbocycles. The molecule has 3 aromatic carbocycles. The summed E-state index contributed by atoms with van der Waals surface area (Å²) >= 11 is 0. The molecular weight excluding hydrogens is 448 g/mol. The van der Waals surface area contributed by atoms with Crippen molar-refractivity contribution in [3.05, 3.63) is 102 Å². The highest BCUT2D eigenvalue weighted by Gasteiger charge is 2.20. The van der Waals surface area contributed by atoms with Gasteiger partial charge in [-0.3, -0.25) is 0 Å². The maximum absolute atomic E-state index is 13.3. The third-order valence-corrected chi connectivity index (χ3v) is 5.98. The number of hydrogen-bond donors (Lipinski definition) is 2. The van der Waals surface area contributed by atoms with Crippen LogP contribution in [0.2, 0.25) is 0 Å². The number of benzene rings is 3. The van der Waals surface area contributed by atoms with Crippen molar-refractivity contribution in [3.63, 3.8) is 0 Å². The normalized spacial score (nSPS) is 11.1. The van der Waals surface area contributed by atoms with E-state index in [1.807, 2.05) is 84.9 Å². The van der Waals surface area contributed by atoms with Crippen molar-refractivity contribution >= 4 is 22.8 Å². The Bertz CT molecular complexity index is 1220. The molecule has 0 radical (unpaired) electrons. The minimum atomic E-state index is -0.256. The number of nitrogens with zero attached hydrogens (tertiary/aromatic N) is 4. The Morgan fingerprint density at radius 1 is 0.833 bits per heavy atom. The maximum atomic E-state index is 13.3. The van der Waals surface area contributed by atoms with Crippen LogP contribution in [0.3, 0.4) is 0 Å². The first-order chi connectivity index (χ1) is 17.5. The summed E-state index contributed by atoms with van der Waals surface area (Å²) in [6.07, 6.45) is 1.00. The molecule has 7 heteroatoms. The van der Waals surface area contributed by atoms with Crippen molar-refractivity contribution in [2.75, 3.05) is 39.5 Å². The average Bonchev–Trinajstić information content (AvgIpc) is 2.90. The first-order valence-electron chi connectivity index (χ1n) is 12.3. The van der Waals surface area contributed by atoms with Crippen molar-refractivity contribution < 1.29 is 4.79 Å². The molecule has 36 heavy (non-hydrogen) atoms. The zero-order chi connectivity index (χ0) is 25.3. The molecule has 0 unspecified atom stereocenters. The number of hydrogen-bond acceptors (Lipinski definition) is 5. The Kier molecular flexibility index (Phi) is 8.47. The van der Waals surface area contributed by atoms with Gasteiger partial charge in [0, 0.05) is 19.0 Å². The molecule has 0 bridgehead atoms. The van der Waals surface area contributed by atoms with E-state index < -0.39 is 0 Å². The van der Waals surface area contributed by atoms with Crippen molar-refractivity contribution in [2.24, 2.45) is 0 Å². The van der Waals surface area contributed by atoms with Gasteiger partial charge in [0.15, 0.2) is 5.82 Å². The zero-order valence-electron chi connectivity index (χ0n) is 21.2. The molecule has 0 aliphatic heterocycles. The van der Waals surface area contributed by atoms with E-state index in [2.05, 4.69) is 29.6 Å². The first kappa shape index (κ1) is 25.1. The summed E-state index contributed by atoms with van der Waals surface area (Å²) in [5.41, 5.74) is 2.91. The van der Waals surface area contributed by atoms with Crippen LogP contribution in [0.15, 0.2) is 84.9 Å². The molecule has 186 valence electrons. The van der Waals surface area contributed by atoms with Crippen LogP contribution in [0.1, 0.15) is 29.4 Å². The lowest BCUT2D eigenvalue weighted by Crippen LogP contribution is -2.39. The number of nitrogens with one attached hydrogen (secondary N) is 2. The van der Waals surface area contributed by atoms with Crippen LogP contribution < -0.4 is 10.6 Å². The molecule has 1 heterocycles. The Labute approximate surface area is 213 Å². The van der Waals surface area contributed by atoms with Gasteiger partial charge >= 0.3 is 6.03 Å². The fourth-order valence-electron chi connectivity index (χ4n) is 4.10. The van der Waals surface area contributed by atoms with Crippen molar-refractivity contribution in [3.8, 4) is 0 Å². The quantitative estimate of drug-likeness (QED) is 0.314. The molecule has 0 saturated heterocycles. The highest BCUT2D eigenvalue weighted by atomic mass is 16.2. The molecule has 0 spiro atoms. The second-order valence-electron chi connectivity index (χ2n) is 9.15. The third-order valence-electron chi connectivity index (χ3n) is 5.98. The lowest BCUT2D eigenvalue weighted by atomic mass is 9.99. The summed E-state index contributed by atoms with van der Waals surface area (Å²) in [5, 5.41) is 7.63. The van der Waals surface area contributed by atoms with Crippen LogP contribution in [0.5, 0.6) is 0 Å². The average molecular weight is 483 g/mol. The molecule has 2 amide bonds. The Morgan fingerprint density at radius 2 is 1.44 bits per heavy atom. The van der Waals surface area contributed by atoms with E-state index in [-0.39, 0.29) is 12.1 Å². The topological polar surface area (TPSA) is 73.4 Å². The molecule has 0 aliphatic rings. The summed E-state index contributed by atoms with van der Waals surface area (Å²) in [5.74, 6) is 1.40. The third kappa shape index (κ3) is 6.58. The van der Waals surface area contributed by atoms with E-state index in [0.717, 1.165) is 47.4 Å². The summed E-state index contributed by atoms with van der Waals surface area (Å²) in [7, 11) is 5.91. The minimum absolute atomic E-state index is 0.190. The number of urea groups is 1. The monoisotopic (exact) mass is 482 g/mol. The molecule has 4 aromatic rings. The SMILES string of the molecule is CN(C)CCCNc1nc(CN(C)C(=O)NC(c2ccccc2)c2ccccc2)nc2ccccc12. The Balaban J connectivity index is 1.50. The highest BCUT2D eigenvalue weighted by molar-refractivity contribution is 5.89. The van der Waals surface area contributed by atoms with Crippen molar-refractivity contribution in [1.29, 1.82) is 0 Å². The predicted molar refractivity (Wildman–Crippen MR) is 146 cm³/mol. The van der Waals surface area contributed by atoms with Crippen LogP contribution >= 0.6 is 0 Å². The summed E-state index contributed by atoms with van der Waals surface area (Å²) in [6.45, 7) is 2.10. The van der Waals surface area contributed by atoms with Gasteiger partial charge in [-0.25, -0.2) is 14.8 Å². The lowest BCUT2D eigenvalue weighted by Gasteiger charge is -2.24. The standard InChI is InChI=1S/C29H34N6O/c1-34(2)20-12-19-30-28-24-17-10-11-18-25(24)31-26(32-28)21-35(3)29(36)33-27(22-13-6-4-7-14-22)23-15-8-5-9-16-23/h4-11,13-18,27H,12,19-21H2,1-3H3,(H,33,36)(H,30,31,32). The van der Waals surface area contributed by atoms with Crippen molar-refractivity contribution in [1.82, 2.24) is 25.1 Å². The van der Waals surface area contributed by atoms with Gasteiger partial charge in [-0.05, 0) is 50.3 Å². The number of fused-ring (bicyclic) bond motifs is 1. The van der Waals surface area contributed by atoms with E-state index in [1.54, 1.807) is 11.9 Å². The first-order valence-corrected chi connectivity index (χ1v) is 12.3. The molecule has 7 nitrogen and oxygen atoms in total. The number of carbonyl (C=O) groups is 1. The van der Waals surface area contributed by atoms with Crippen LogP contribution in [0, 0.1) is 0 Å². The largest absolute Gasteiger partial charge is 0.369 e. The lowest BCUT2D eigenvalue weighted by molar-refractivity contribution is 0.203. The fraction of sp³-hybridized carbons (Fsp3) is 0.276. The number of para-hydroxylation sites is 1. The van der Waals surface area contributed by atoms with Crippen molar-refractivity contribution in [2.45, 2.75) is 19.0 Å². The Morgan fingerprint density at radius 3 is 2.08 bits per heavy atom. The number of amides is 2. The second kappa shape index (κ2) is 12.1. The molecule has 0 fully saturated rings. The van der Waals surface area contributed by atoms with Crippen LogP contribution in [-0.4, -0.2) is 60.0 Å². The zero-order valence-corrected chi connectivity index (χ0v) is 21.2. The highest BCUT2D eigenvalue weighted by Crippen LogP contribution is 2.23. The van der Waals surface area contributed by atoms with Crippen LogP contribution in [-0.2, 0) is 6.54 Å². The van der Waals surface area contributed by atoms with Gasteiger partial charge in [0.25, 0.3) is 0 Å².